The maximum absolute atomic E-state index is 12.1. The summed E-state index contributed by atoms with van der Waals surface area (Å²) in [6.45, 7) is 0. The zero-order chi connectivity index (χ0) is 13.3. The molecule has 1 amide bonds. The van der Waals surface area contributed by atoms with Crippen molar-refractivity contribution >= 4 is 55.1 Å². The molecule has 1 aliphatic carbocycles. The molecule has 1 heterocycles. The number of thiophene rings is 1. The third-order valence-electron chi connectivity index (χ3n) is 3.09. The standard InChI is InChI=1S/C11H11Br2NO3S/c12-6-5-7(18-8(6)13)9(15)14-11(10(16)17)3-1-2-4-11/h5H,1-4H2,(H,14,15)(H,16,17). The normalized spacial score (nSPS) is 17.7. The van der Waals surface area contributed by atoms with E-state index < -0.39 is 11.5 Å². The first-order chi connectivity index (χ1) is 8.44. The van der Waals surface area contributed by atoms with Crippen molar-refractivity contribution in [1.29, 1.82) is 0 Å². The number of aliphatic carboxylic acids is 1. The van der Waals surface area contributed by atoms with Gasteiger partial charge in [0.25, 0.3) is 5.91 Å². The van der Waals surface area contributed by atoms with Crippen molar-refractivity contribution in [2.45, 2.75) is 31.2 Å². The molecule has 0 unspecified atom stereocenters. The summed E-state index contributed by atoms with van der Waals surface area (Å²) >= 11 is 7.90. The Bertz CT molecular complexity index is 475. The van der Waals surface area contributed by atoms with Crippen molar-refractivity contribution < 1.29 is 14.7 Å². The van der Waals surface area contributed by atoms with E-state index in [4.69, 9.17) is 0 Å². The lowest BCUT2D eigenvalue weighted by molar-refractivity contribution is -0.144. The van der Waals surface area contributed by atoms with Gasteiger partial charge >= 0.3 is 5.97 Å². The van der Waals surface area contributed by atoms with Gasteiger partial charge in [0.1, 0.15) is 5.54 Å². The summed E-state index contributed by atoms with van der Waals surface area (Å²) in [6, 6.07) is 1.69. The Kier molecular flexibility index (Phi) is 4.13. The van der Waals surface area contributed by atoms with Crippen LogP contribution in [0.4, 0.5) is 0 Å². The molecule has 1 aliphatic rings. The summed E-state index contributed by atoms with van der Waals surface area (Å²) in [5, 5.41) is 12.0. The quantitative estimate of drug-likeness (QED) is 0.822. The lowest BCUT2D eigenvalue weighted by Crippen LogP contribution is -2.52. The van der Waals surface area contributed by atoms with Crippen molar-refractivity contribution in [2.75, 3.05) is 0 Å². The largest absolute Gasteiger partial charge is 0.480 e. The average Bonchev–Trinajstić information content (AvgIpc) is 2.88. The minimum atomic E-state index is -1.08. The molecular formula is C11H11Br2NO3S. The van der Waals surface area contributed by atoms with Gasteiger partial charge < -0.3 is 10.4 Å². The fraction of sp³-hybridized carbons (Fsp3) is 0.455. The molecule has 1 saturated carbocycles. The number of carbonyl (C=O) groups excluding carboxylic acids is 1. The van der Waals surface area contributed by atoms with Gasteiger partial charge in [0, 0.05) is 4.47 Å². The van der Waals surface area contributed by atoms with Crippen LogP contribution >= 0.6 is 43.2 Å². The summed E-state index contributed by atoms with van der Waals surface area (Å²) < 4.78 is 1.62. The van der Waals surface area contributed by atoms with Crippen LogP contribution in [0.5, 0.6) is 0 Å². The molecule has 0 aromatic carbocycles. The molecule has 18 heavy (non-hydrogen) atoms. The number of halogens is 2. The Hall–Kier alpha value is -0.400. The molecule has 1 aromatic rings. The molecule has 0 atom stereocenters. The number of hydrogen-bond acceptors (Lipinski definition) is 3. The van der Waals surface area contributed by atoms with Gasteiger partial charge in [0.15, 0.2) is 0 Å². The first kappa shape index (κ1) is 14.0. The van der Waals surface area contributed by atoms with E-state index in [-0.39, 0.29) is 5.91 Å². The second-order valence-corrected chi connectivity index (χ2v) is 7.51. The molecule has 0 aliphatic heterocycles. The van der Waals surface area contributed by atoms with Crippen molar-refractivity contribution in [3.63, 3.8) is 0 Å². The number of carboxylic acid groups (broad SMARTS) is 1. The van der Waals surface area contributed by atoms with Crippen molar-refractivity contribution in [1.82, 2.24) is 5.32 Å². The fourth-order valence-electron chi connectivity index (χ4n) is 2.11. The number of carboxylic acids is 1. The van der Waals surface area contributed by atoms with Crippen molar-refractivity contribution in [3.05, 3.63) is 19.2 Å². The van der Waals surface area contributed by atoms with Crippen molar-refractivity contribution in [2.24, 2.45) is 0 Å². The smallest absolute Gasteiger partial charge is 0.329 e. The predicted octanol–water partition coefficient (Wildman–Crippen LogP) is 3.40. The van der Waals surface area contributed by atoms with E-state index in [1.54, 1.807) is 6.07 Å². The molecule has 0 radical (unpaired) electrons. The zero-order valence-corrected chi connectivity index (χ0v) is 13.3. The highest BCUT2D eigenvalue weighted by atomic mass is 79.9. The van der Waals surface area contributed by atoms with E-state index >= 15 is 0 Å². The predicted molar refractivity (Wildman–Crippen MR) is 76.0 cm³/mol. The van der Waals surface area contributed by atoms with E-state index in [0.717, 1.165) is 21.1 Å². The lowest BCUT2D eigenvalue weighted by Gasteiger charge is -2.24. The molecule has 0 saturated heterocycles. The number of amides is 1. The molecule has 98 valence electrons. The lowest BCUT2D eigenvalue weighted by atomic mass is 9.98. The van der Waals surface area contributed by atoms with Crippen LogP contribution < -0.4 is 5.32 Å². The Balaban J connectivity index is 2.17. The van der Waals surface area contributed by atoms with Crippen LogP contribution in [0.25, 0.3) is 0 Å². The van der Waals surface area contributed by atoms with Gasteiger partial charge in [-0.1, -0.05) is 12.8 Å². The van der Waals surface area contributed by atoms with Gasteiger partial charge in [-0.05, 0) is 50.8 Å². The summed E-state index contributed by atoms with van der Waals surface area (Å²) in [7, 11) is 0. The van der Waals surface area contributed by atoms with Gasteiger partial charge in [0.05, 0.1) is 8.66 Å². The molecular weight excluding hydrogens is 386 g/mol. The molecule has 1 fully saturated rings. The third-order valence-corrected chi connectivity index (χ3v) is 6.34. The molecule has 0 bridgehead atoms. The zero-order valence-electron chi connectivity index (χ0n) is 9.33. The first-order valence-corrected chi connectivity index (χ1v) is 7.86. The molecule has 7 heteroatoms. The van der Waals surface area contributed by atoms with Crippen LogP contribution in [0.1, 0.15) is 35.4 Å². The van der Waals surface area contributed by atoms with Gasteiger partial charge in [-0.2, -0.15) is 0 Å². The number of hydrogen-bond donors (Lipinski definition) is 2. The van der Waals surface area contributed by atoms with Crippen LogP contribution in [0.3, 0.4) is 0 Å². The Morgan fingerprint density at radius 1 is 1.33 bits per heavy atom. The SMILES string of the molecule is O=C(NC1(C(=O)O)CCCC1)c1cc(Br)c(Br)s1. The fourth-order valence-corrected chi connectivity index (χ4v) is 4.04. The van der Waals surface area contributed by atoms with E-state index in [1.807, 2.05) is 0 Å². The average molecular weight is 397 g/mol. The van der Waals surface area contributed by atoms with Crippen LogP contribution in [-0.4, -0.2) is 22.5 Å². The van der Waals surface area contributed by atoms with Gasteiger partial charge in [-0.15, -0.1) is 11.3 Å². The summed E-state index contributed by atoms with van der Waals surface area (Å²) in [6.07, 6.45) is 2.68. The second kappa shape index (κ2) is 5.30. The highest BCUT2D eigenvalue weighted by molar-refractivity contribution is 9.13. The molecule has 4 nitrogen and oxygen atoms in total. The highest BCUT2D eigenvalue weighted by Gasteiger charge is 2.42. The Morgan fingerprint density at radius 3 is 2.39 bits per heavy atom. The third kappa shape index (κ3) is 2.62. The van der Waals surface area contributed by atoms with Crippen LogP contribution in [0.15, 0.2) is 14.3 Å². The maximum Gasteiger partial charge on any atom is 0.329 e. The topological polar surface area (TPSA) is 66.4 Å². The molecule has 2 N–H and O–H groups in total. The highest BCUT2D eigenvalue weighted by Crippen LogP contribution is 2.34. The number of nitrogens with one attached hydrogen (secondary N) is 1. The summed E-state index contributed by atoms with van der Waals surface area (Å²) in [4.78, 5) is 23.9. The van der Waals surface area contributed by atoms with Gasteiger partial charge in [-0.25, -0.2) is 4.79 Å². The van der Waals surface area contributed by atoms with Gasteiger partial charge in [0.2, 0.25) is 0 Å². The molecule has 1 aromatic heterocycles. The molecule has 0 spiro atoms. The monoisotopic (exact) mass is 395 g/mol. The van der Waals surface area contributed by atoms with E-state index in [1.165, 1.54) is 11.3 Å². The maximum atomic E-state index is 12.1. The minimum Gasteiger partial charge on any atom is -0.480 e. The van der Waals surface area contributed by atoms with Crippen LogP contribution in [0, 0.1) is 0 Å². The van der Waals surface area contributed by atoms with Gasteiger partial charge in [-0.3, -0.25) is 4.79 Å². The van der Waals surface area contributed by atoms with E-state index in [2.05, 4.69) is 37.2 Å². The van der Waals surface area contributed by atoms with E-state index in [9.17, 15) is 14.7 Å². The minimum absolute atomic E-state index is 0.323. The number of rotatable bonds is 3. The molecule has 2 rings (SSSR count). The van der Waals surface area contributed by atoms with E-state index in [0.29, 0.717) is 17.7 Å². The second-order valence-electron chi connectivity index (χ2n) is 4.28. The number of carbonyl (C=O) groups is 2. The van der Waals surface area contributed by atoms with Crippen molar-refractivity contribution in [3.8, 4) is 0 Å². The van der Waals surface area contributed by atoms with Crippen LogP contribution in [-0.2, 0) is 4.79 Å². The first-order valence-electron chi connectivity index (χ1n) is 5.45. The Morgan fingerprint density at radius 2 is 1.94 bits per heavy atom. The summed E-state index contributed by atoms with van der Waals surface area (Å²) in [5.41, 5.74) is -1.08. The Labute approximate surface area is 125 Å². The summed E-state index contributed by atoms with van der Waals surface area (Å²) in [5.74, 6) is -1.27. The van der Waals surface area contributed by atoms with Crippen LogP contribution in [0.2, 0.25) is 0 Å².